The molecule has 2 aromatic rings. The molecule has 1 aromatic heterocycles. The van der Waals surface area contributed by atoms with Gasteiger partial charge >= 0.3 is 0 Å². The van der Waals surface area contributed by atoms with E-state index in [0.29, 0.717) is 12.8 Å². The Kier molecular flexibility index (Phi) is 5.41. The maximum atomic E-state index is 13.3. The quantitative estimate of drug-likeness (QED) is 0.880. The summed E-state index contributed by atoms with van der Waals surface area (Å²) in [5.74, 6) is -0.189. The van der Waals surface area contributed by atoms with Crippen molar-refractivity contribution in [2.24, 2.45) is 0 Å². The van der Waals surface area contributed by atoms with Crippen molar-refractivity contribution in [3.05, 3.63) is 54.1 Å². The van der Waals surface area contributed by atoms with E-state index in [1.807, 2.05) is 4.90 Å². The number of nitrogens with zero attached hydrogens (tertiary/aromatic N) is 3. The van der Waals surface area contributed by atoms with Gasteiger partial charge in [0.05, 0.1) is 12.1 Å². The van der Waals surface area contributed by atoms with Crippen LogP contribution in [0.5, 0.6) is 0 Å². The highest BCUT2D eigenvalue weighted by atomic mass is 19.1. The Hall–Kier alpha value is -2.70. The lowest BCUT2D eigenvalue weighted by Gasteiger charge is -2.33. The van der Waals surface area contributed by atoms with Gasteiger partial charge in [0.25, 0.3) is 0 Å². The zero-order valence-electron chi connectivity index (χ0n) is 15.8. The predicted octanol–water partition coefficient (Wildman–Crippen LogP) is 2.29. The van der Waals surface area contributed by atoms with Gasteiger partial charge in [-0.15, -0.1) is 0 Å². The van der Waals surface area contributed by atoms with E-state index < -0.39 is 0 Å². The summed E-state index contributed by atoms with van der Waals surface area (Å²) in [6, 6.07) is 8.18. The average Bonchev–Trinajstić information content (AvgIpc) is 3.27. The number of nitrogens with one attached hydrogen (secondary N) is 1. The minimum atomic E-state index is -0.268. The van der Waals surface area contributed by atoms with Crippen LogP contribution in [0, 0.1) is 5.82 Å². The number of fused-ring (bicyclic) bond motifs is 1. The number of amides is 2. The van der Waals surface area contributed by atoms with Gasteiger partial charge in [0.15, 0.2) is 0 Å². The molecule has 2 aliphatic heterocycles. The van der Waals surface area contributed by atoms with Crippen molar-refractivity contribution in [2.75, 3.05) is 0 Å². The van der Waals surface area contributed by atoms with Crippen LogP contribution >= 0.6 is 0 Å². The number of carbonyl (C=O) groups excluding carboxylic acids is 2. The van der Waals surface area contributed by atoms with Crippen LogP contribution in [0.15, 0.2) is 42.7 Å². The van der Waals surface area contributed by atoms with Gasteiger partial charge in [-0.25, -0.2) is 4.39 Å². The molecule has 1 N–H and O–H groups in total. The number of aromatic nitrogens is 2. The highest BCUT2D eigenvalue weighted by Crippen LogP contribution is 2.32. The van der Waals surface area contributed by atoms with Crippen molar-refractivity contribution >= 4 is 11.8 Å². The molecule has 2 saturated heterocycles. The normalized spacial score (nSPS) is 25.0. The SMILES string of the molecule is O=C1CCCC[C@@H]2[C@H](C[C@@H](Cc3ccc(F)cc3)N2C(=O)Cn2cccn2)N1. The molecule has 1 aromatic carbocycles. The fourth-order valence-electron chi connectivity index (χ4n) is 4.52. The number of carbonyl (C=O) groups is 2. The first-order valence-corrected chi connectivity index (χ1v) is 9.92. The van der Waals surface area contributed by atoms with Gasteiger partial charge < -0.3 is 10.2 Å². The van der Waals surface area contributed by atoms with Gasteiger partial charge in [0.2, 0.25) is 11.8 Å². The molecule has 0 unspecified atom stereocenters. The van der Waals surface area contributed by atoms with Crippen molar-refractivity contribution in [2.45, 2.75) is 63.2 Å². The molecule has 148 valence electrons. The molecular weight excluding hydrogens is 359 g/mol. The van der Waals surface area contributed by atoms with E-state index in [1.165, 1.54) is 12.1 Å². The number of rotatable bonds is 4. The Bertz CT molecular complexity index is 821. The Labute approximate surface area is 163 Å². The Morgan fingerprint density at radius 2 is 2.07 bits per heavy atom. The maximum Gasteiger partial charge on any atom is 0.244 e. The summed E-state index contributed by atoms with van der Waals surface area (Å²) >= 11 is 0. The van der Waals surface area contributed by atoms with Crippen molar-refractivity contribution < 1.29 is 14.0 Å². The minimum absolute atomic E-state index is 0.00207. The fraction of sp³-hybridized carbons (Fsp3) is 0.476. The topological polar surface area (TPSA) is 67.2 Å². The number of hydrogen-bond acceptors (Lipinski definition) is 3. The molecule has 7 heteroatoms. The second kappa shape index (κ2) is 8.12. The van der Waals surface area contributed by atoms with Crippen molar-refractivity contribution in [3.8, 4) is 0 Å². The fourth-order valence-corrected chi connectivity index (χ4v) is 4.52. The third-order valence-corrected chi connectivity index (χ3v) is 5.77. The molecule has 4 rings (SSSR count). The Morgan fingerprint density at radius 3 is 2.82 bits per heavy atom. The Balaban J connectivity index is 1.58. The van der Waals surface area contributed by atoms with Crippen LogP contribution in [0.1, 0.15) is 37.7 Å². The number of benzene rings is 1. The maximum absolute atomic E-state index is 13.3. The minimum Gasteiger partial charge on any atom is -0.351 e. The molecule has 2 fully saturated rings. The van der Waals surface area contributed by atoms with Gasteiger partial charge in [-0.3, -0.25) is 14.3 Å². The molecular formula is C21H25FN4O2. The summed E-state index contributed by atoms with van der Waals surface area (Å²) in [7, 11) is 0. The molecule has 3 heterocycles. The molecule has 6 nitrogen and oxygen atoms in total. The van der Waals surface area contributed by atoms with Crippen LogP contribution in [-0.2, 0) is 22.6 Å². The average molecular weight is 384 g/mol. The third-order valence-electron chi connectivity index (χ3n) is 5.77. The zero-order chi connectivity index (χ0) is 19.5. The van der Waals surface area contributed by atoms with Crippen molar-refractivity contribution in [1.82, 2.24) is 20.0 Å². The zero-order valence-corrected chi connectivity index (χ0v) is 15.8. The molecule has 2 aliphatic rings. The highest BCUT2D eigenvalue weighted by molar-refractivity contribution is 5.79. The summed E-state index contributed by atoms with van der Waals surface area (Å²) in [6.07, 6.45) is 8.02. The van der Waals surface area contributed by atoms with E-state index in [2.05, 4.69) is 10.4 Å². The molecule has 0 radical (unpaired) electrons. The van der Waals surface area contributed by atoms with Crippen molar-refractivity contribution in [3.63, 3.8) is 0 Å². The van der Waals surface area contributed by atoms with Crippen LogP contribution in [0.25, 0.3) is 0 Å². The van der Waals surface area contributed by atoms with Gasteiger partial charge in [-0.1, -0.05) is 18.6 Å². The number of halogens is 1. The van der Waals surface area contributed by atoms with E-state index in [-0.39, 0.29) is 42.3 Å². The van der Waals surface area contributed by atoms with Gasteiger partial charge in [-0.05, 0) is 49.4 Å². The van der Waals surface area contributed by atoms with Gasteiger partial charge in [0, 0.05) is 24.9 Å². The Morgan fingerprint density at radius 1 is 1.25 bits per heavy atom. The second-order valence-corrected chi connectivity index (χ2v) is 7.71. The second-order valence-electron chi connectivity index (χ2n) is 7.71. The van der Waals surface area contributed by atoms with E-state index in [4.69, 9.17) is 0 Å². The molecule has 0 saturated carbocycles. The largest absolute Gasteiger partial charge is 0.351 e. The van der Waals surface area contributed by atoms with E-state index in [9.17, 15) is 14.0 Å². The van der Waals surface area contributed by atoms with E-state index in [1.54, 1.807) is 35.3 Å². The van der Waals surface area contributed by atoms with Crippen molar-refractivity contribution in [1.29, 1.82) is 0 Å². The molecule has 0 spiro atoms. The lowest BCUT2D eigenvalue weighted by atomic mass is 9.97. The summed E-state index contributed by atoms with van der Waals surface area (Å²) < 4.78 is 14.9. The van der Waals surface area contributed by atoms with E-state index in [0.717, 1.165) is 31.2 Å². The monoisotopic (exact) mass is 384 g/mol. The first-order valence-electron chi connectivity index (χ1n) is 9.92. The van der Waals surface area contributed by atoms with Crippen LogP contribution < -0.4 is 5.32 Å². The third kappa shape index (κ3) is 4.08. The number of hydrogen-bond donors (Lipinski definition) is 1. The lowest BCUT2D eigenvalue weighted by molar-refractivity contribution is -0.136. The van der Waals surface area contributed by atoms with Gasteiger partial charge in [0.1, 0.15) is 12.4 Å². The summed E-state index contributed by atoms with van der Waals surface area (Å²) in [5.41, 5.74) is 0.990. The standard InChI is InChI=1S/C21H25FN4O2/c22-16-8-6-15(7-9-16)12-17-13-18-19(4-1-2-5-20(27)24-18)26(17)21(28)14-25-11-3-10-23-25/h3,6-11,17-19H,1-2,4-5,12-14H2,(H,24,27)/t17-,18+,19-/m1/s1. The molecule has 0 aliphatic carbocycles. The molecule has 2 amide bonds. The van der Waals surface area contributed by atoms with Crippen LogP contribution in [-0.4, -0.2) is 44.6 Å². The number of likely N-dealkylation sites (tertiary alicyclic amines) is 1. The summed E-state index contributed by atoms with van der Waals surface area (Å²) in [4.78, 5) is 27.3. The van der Waals surface area contributed by atoms with Crippen LogP contribution in [0.3, 0.4) is 0 Å². The summed E-state index contributed by atoms with van der Waals surface area (Å²) in [6.45, 7) is 0.185. The molecule has 28 heavy (non-hydrogen) atoms. The lowest BCUT2D eigenvalue weighted by Crippen LogP contribution is -2.49. The highest BCUT2D eigenvalue weighted by Gasteiger charge is 2.44. The smallest absolute Gasteiger partial charge is 0.244 e. The first kappa shape index (κ1) is 18.7. The first-order chi connectivity index (χ1) is 13.6. The molecule has 3 atom stereocenters. The van der Waals surface area contributed by atoms with Gasteiger partial charge in [-0.2, -0.15) is 5.10 Å². The van der Waals surface area contributed by atoms with Crippen LogP contribution in [0.2, 0.25) is 0 Å². The van der Waals surface area contributed by atoms with Crippen LogP contribution in [0.4, 0.5) is 4.39 Å². The summed E-state index contributed by atoms with van der Waals surface area (Å²) in [5, 5.41) is 7.29. The predicted molar refractivity (Wildman–Crippen MR) is 102 cm³/mol. The van der Waals surface area contributed by atoms with E-state index >= 15 is 0 Å². The molecule has 0 bridgehead atoms.